The zero-order chi connectivity index (χ0) is 16.5. The third-order valence-corrected chi connectivity index (χ3v) is 5.11. The van der Waals surface area contributed by atoms with Crippen molar-refractivity contribution in [2.75, 3.05) is 13.1 Å². The number of H-pyrrole nitrogens is 1. The fraction of sp³-hybridized carbons (Fsp3) is 0.444. The Morgan fingerprint density at radius 3 is 2.92 bits per heavy atom. The van der Waals surface area contributed by atoms with Crippen LogP contribution >= 0.6 is 0 Å². The SMILES string of the molecule is O=C(NC1CCN2CCCCC12)c1ccc(-c2ccco2)[nH]c1=O. The third-order valence-electron chi connectivity index (χ3n) is 5.11. The molecule has 2 aliphatic heterocycles. The van der Waals surface area contributed by atoms with Gasteiger partial charge in [0.25, 0.3) is 11.5 Å². The van der Waals surface area contributed by atoms with Crippen LogP contribution in [-0.4, -0.2) is 41.0 Å². The minimum absolute atomic E-state index is 0.141. The van der Waals surface area contributed by atoms with Gasteiger partial charge in [0.05, 0.1) is 12.0 Å². The van der Waals surface area contributed by atoms with Crippen LogP contribution in [0.3, 0.4) is 0 Å². The summed E-state index contributed by atoms with van der Waals surface area (Å²) in [6, 6.07) is 7.35. The summed E-state index contributed by atoms with van der Waals surface area (Å²) in [4.78, 5) is 30.0. The molecule has 2 unspecified atom stereocenters. The second kappa shape index (κ2) is 6.28. The van der Waals surface area contributed by atoms with Crippen molar-refractivity contribution in [2.24, 2.45) is 0 Å². The molecule has 126 valence electrons. The summed E-state index contributed by atoms with van der Waals surface area (Å²) in [7, 11) is 0. The number of hydrogen-bond donors (Lipinski definition) is 2. The van der Waals surface area contributed by atoms with Crippen LogP contribution in [0, 0.1) is 0 Å². The summed E-state index contributed by atoms with van der Waals surface area (Å²) < 4.78 is 5.27. The van der Waals surface area contributed by atoms with E-state index in [2.05, 4.69) is 15.2 Å². The number of piperidine rings is 1. The van der Waals surface area contributed by atoms with E-state index >= 15 is 0 Å². The Morgan fingerprint density at radius 1 is 1.21 bits per heavy atom. The molecule has 2 N–H and O–H groups in total. The van der Waals surface area contributed by atoms with E-state index in [0.717, 1.165) is 25.9 Å². The predicted octanol–water partition coefficient (Wildman–Crippen LogP) is 1.99. The van der Waals surface area contributed by atoms with Gasteiger partial charge in [-0.05, 0) is 50.1 Å². The molecule has 0 aromatic carbocycles. The summed E-state index contributed by atoms with van der Waals surface area (Å²) in [5, 5.41) is 3.07. The molecule has 1 amide bonds. The smallest absolute Gasteiger partial charge is 0.261 e. The van der Waals surface area contributed by atoms with Crippen molar-refractivity contribution in [2.45, 2.75) is 37.8 Å². The third kappa shape index (κ3) is 2.78. The molecular weight excluding hydrogens is 306 g/mol. The lowest BCUT2D eigenvalue weighted by atomic mass is 9.99. The van der Waals surface area contributed by atoms with Gasteiger partial charge in [0.1, 0.15) is 11.3 Å². The van der Waals surface area contributed by atoms with E-state index in [1.54, 1.807) is 30.5 Å². The quantitative estimate of drug-likeness (QED) is 0.904. The molecule has 24 heavy (non-hydrogen) atoms. The largest absolute Gasteiger partial charge is 0.463 e. The molecule has 2 fully saturated rings. The zero-order valence-corrected chi connectivity index (χ0v) is 13.5. The first-order valence-corrected chi connectivity index (χ1v) is 8.54. The molecule has 2 aliphatic rings. The average Bonchev–Trinajstić information content (AvgIpc) is 3.25. The molecule has 2 saturated heterocycles. The van der Waals surface area contributed by atoms with Crippen molar-refractivity contribution in [1.82, 2.24) is 15.2 Å². The van der Waals surface area contributed by atoms with E-state index in [9.17, 15) is 9.59 Å². The highest BCUT2D eigenvalue weighted by molar-refractivity contribution is 5.94. The van der Waals surface area contributed by atoms with Gasteiger partial charge < -0.3 is 14.7 Å². The minimum atomic E-state index is -0.389. The molecule has 0 radical (unpaired) electrons. The number of furan rings is 1. The highest BCUT2D eigenvalue weighted by Crippen LogP contribution is 2.27. The summed E-state index contributed by atoms with van der Waals surface area (Å²) in [6.45, 7) is 2.15. The Balaban J connectivity index is 1.49. The van der Waals surface area contributed by atoms with Crippen LogP contribution in [0.15, 0.2) is 39.7 Å². The fourth-order valence-corrected chi connectivity index (χ4v) is 3.89. The number of amides is 1. The molecule has 2 atom stereocenters. The van der Waals surface area contributed by atoms with Crippen molar-refractivity contribution in [1.29, 1.82) is 0 Å². The van der Waals surface area contributed by atoms with Gasteiger partial charge in [-0.25, -0.2) is 0 Å². The number of nitrogens with one attached hydrogen (secondary N) is 2. The van der Waals surface area contributed by atoms with Crippen molar-refractivity contribution >= 4 is 5.91 Å². The molecule has 6 nitrogen and oxygen atoms in total. The van der Waals surface area contributed by atoms with E-state index in [-0.39, 0.29) is 23.1 Å². The van der Waals surface area contributed by atoms with E-state index in [4.69, 9.17) is 4.42 Å². The first-order valence-electron chi connectivity index (χ1n) is 8.54. The second-order valence-corrected chi connectivity index (χ2v) is 6.56. The zero-order valence-electron chi connectivity index (χ0n) is 13.5. The fourth-order valence-electron chi connectivity index (χ4n) is 3.89. The molecule has 4 heterocycles. The average molecular weight is 327 g/mol. The van der Waals surface area contributed by atoms with Crippen LogP contribution in [0.1, 0.15) is 36.0 Å². The number of nitrogens with zero attached hydrogens (tertiary/aromatic N) is 1. The van der Waals surface area contributed by atoms with Crippen molar-refractivity contribution in [3.63, 3.8) is 0 Å². The number of carbonyl (C=O) groups excluding carboxylic acids is 1. The number of carbonyl (C=O) groups is 1. The summed E-state index contributed by atoms with van der Waals surface area (Å²) in [5.41, 5.74) is 0.334. The van der Waals surface area contributed by atoms with Gasteiger partial charge >= 0.3 is 0 Å². The lowest BCUT2D eigenvalue weighted by Gasteiger charge is -2.32. The number of hydrogen-bond acceptors (Lipinski definition) is 4. The number of pyridine rings is 1. The van der Waals surface area contributed by atoms with E-state index < -0.39 is 0 Å². The normalized spacial score (nSPS) is 23.8. The van der Waals surface area contributed by atoms with Crippen molar-refractivity contribution in [3.05, 3.63) is 46.4 Å². The van der Waals surface area contributed by atoms with Gasteiger partial charge in [0.15, 0.2) is 0 Å². The van der Waals surface area contributed by atoms with Gasteiger partial charge in [-0.2, -0.15) is 0 Å². The van der Waals surface area contributed by atoms with E-state index in [0.29, 0.717) is 17.5 Å². The van der Waals surface area contributed by atoms with Gasteiger partial charge in [0, 0.05) is 18.6 Å². The molecular formula is C18H21N3O3. The Bertz CT molecular complexity index is 781. The molecule has 0 saturated carbocycles. The molecule has 0 aliphatic carbocycles. The number of aromatic nitrogens is 1. The van der Waals surface area contributed by atoms with E-state index in [1.165, 1.54) is 12.8 Å². The Labute approximate surface area is 139 Å². The van der Waals surface area contributed by atoms with Gasteiger partial charge in [-0.15, -0.1) is 0 Å². The Morgan fingerprint density at radius 2 is 2.12 bits per heavy atom. The molecule has 2 aromatic heterocycles. The Hall–Kier alpha value is -2.34. The molecule has 4 rings (SSSR count). The van der Waals surface area contributed by atoms with Gasteiger partial charge in [0.2, 0.25) is 0 Å². The summed E-state index contributed by atoms with van der Waals surface area (Å²) >= 11 is 0. The van der Waals surface area contributed by atoms with E-state index in [1.807, 2.05) is 0 Å². The molecule has 6 heteroatoms. The van der Waals surface area contributed by atoms with Crippen LogP contribution < -0.4 is 10.9 Å². The summed E-state index contributed by atoms with van der Waals surface area (Å²) in [6.07, 6.45) is 6.08. The minimum Gasteiger partial charge on any atom is -0.463 e. The van der Waals surface area contributed by atoms with Crippen LogP contribution in [-0.2, 0) is 0 Å². The first-order chi connectivity index (χ1) is 11.7. The number of rotatable bonds is 3. The first kappa shape index (κ1) is 15.2. The topological polar surface area (TPSA) is 78.3 Å². The standard InChI is InChI=1S/C18H21N3O3/c22-17(19-13-8-10-21-9-2-1-4-15(13)21)12-6-7-14(20-18(12)23)16-5-3-11-24-16/h3,5-7,11,13,15H,1-2,4,8-10H2,(H,19,22)(H,20,23). The highest BCUT2D eigenvalue weighted by atomic mass is 16.3. The Kier molecular flexibility index (Phi) is 3.98. The van der Waals surface area contributed by atoms with Crippen molar-refractivity contribution < 1.29 is 9.21 Å². The van der Waals surface area contributed by atoms with Crippen LogP contribution in [0.2, 0.25) is 0 Å². The summed E-state index contributed by atoms with van der Waals surface area (Å²) in [5.74, 6) is 0.285. The monoisotopic (exact) mass is 327 g/mol. The van der Waals surface area contributed by atoms with Crippen LogP contribution in [0.25, 0.3) is 11.5 Å². The highest BCUT2D eigenvalue weighted by Gasteiger charge is 2.36. The van der Waals surface area contributed by atoms with Gasteiger partial charge in [-0.3, -0.25) is 14.5 Å². The van der Waals surface area contributed by atoms with Gasteiger partial charge in [-0.1, -0.05) is 6.42 Å². The molecule has 2 aromatic rings. The molecule has 0 spiro atoms. The maximum Gasteiger partial charge on any atom is 0.261 e. The lowest BCUT2D eigenvalue weighted by Crippen LogP contribution is -2.47. The predicted molar refractivity (Wildman–Crippen MR) is 89.8 cm³/mol. The second-order valence-electron chi connectivity index (χ2n) is 6.56. The van der Waals surface area contributed by atoms with Crippen molar-refractivity contribution in [3.8, 4) is 11.5 Å². The lowest BCUT2D eigenvalue weighted by molar-refractivity contribution is 0.0914. The van der Waals surface area contributed by atoms with Crippen LogP contribution in [0.5, 0.6) is 0 Å². The number of aromatic amines is 1. The molecule has 0 bridgehead atoms. The maximum absolute atomic E-state index is 12.5. The maximum atomic E-state index is 12.5. The number of fused-ring (bicyclic) bond motifs is 1. The van der Waals surface area contributed by atoms with Crippen LogP contribution in [0.4, 0.5) is 0 Å².